The second-order valence-corrected chi connectivity index (χ2v) is 8.08. The Morgan fingerprint density at radius 3 is 2.34 bits per heavy atom. The van der Waals surface area contributed by atoms with Crippen LogP contribution in [0.15, 0.2) is 54.2 Å². The predicted molar refractivity (Wildman–Crippen MR) is 128 cm³/mol. The second-order valence-electron chi connectivity index (χ2n) is 7.28. The fourth-order valence-corrected chi connectivity index (χ4v) is 4.08. The van der Waals surface area contributed by atoms with E-state index in [0.717, 1.165) is 24.3 Å². The average molecular weight is 472 g/mol. The summed E-state index contributed by atoms with van der Waals surface area (Å²) in [6.07, 6.45) is 1.73. The smallest absolute Gasteiger partial charge is 0.325 e. The molecule has 0 N–H and O–H groups in total. The highest BCUT2D eigenvalue weighted by molar-refractivity contribution is 7.80. The standard InChI is InChI=1S/C23H22ClN3O4S/c1-30-21(28)15-26-20(22(29)27(23(26)32)19-8-4-17(24)5-9-19)14-16-2-6-18(7-3-16)25-10-12-31-13-11-25/h2-9,14H,10-13,15H2,1H3/b20-14+. The van der Waals surface area contributed by atoms with Crippen molar-refractivity contribution in [3.05, 3.63) is 64.8 Å². The van der Waals surface area contributed by atoms with Gasteiger partial charge >= 0.3 is 5.97 Å². The molecule has 166 valence electrons. The molecule has 0 aromatic heterocycles. The molecular weight excluding hydrogens is 450 g/mol. The summed E-state index contributed by atoms with van der Waals surface area (Å²) >= 11 is 11.5. The summed E-state index contributed by atoms with van der Waals surface area (Å²) in [5, 5.41) is 0.757. The molecule has 2 aromatic carbocycles. The van der Waals surface area contributed by atoms with Gasteiger partial charge in [-0.15, -0.1) is 0 Å². The van der Waals surface area contributed by atoms with Crippen molar-refractivity contribution in [2.24, 2.45) is 0 Å². The van der Waals surface area contributed by atoms with Gasteiger partial charge in [0.2, 0.25) is 0 Å². The number of morpholine rings is 1. The number of carbonyl (C=O) groups excluding carboxylic acids is 2. The summed E-state index contributed by atoms with van der Waals surface area (Å²) < 4.78 is 10.2. The maximum absolute atomic E-state index is 13.3. The molecule has 2 saturated heterocycles. The van der Waals surface area contributed by atoms with Crippen molar-refractivity contribution < 1.29 is 19.1 Å². The van der Waals surface area contributed by atoms with Crippen LogP contribution in [0.3, 0.4) is 0 Å². The Morgan fingerprint density at radius 1 is 1.09 bits per heavy atom. The van der Waals surface area contributed by atoms with Crippen molar-refractivity contribution in [3.8, 4) is 0 Å². The Bertz CT molecular complexity index is 1050. The third kappa shape index (κ3) is 4.62. The predicted octanol–water partition coefficient (Wildman–Crippen LogP) is 3.32. The van der Waals surface area contributed by atoms with Crippen molar-refractivity contribution in [2.45, 2.75) is 0 Å². The largest absolute Gasteiger partial charge is 0.468 e. The van der Waals surface area contributed by atoms with Gasteiger partial charge in [-0.1, -0.05) is 23.7 Å². The number of ether oxygens (including phenoxy) is 2. The first-order valence-corrected chi connectivity index (χ1v) is 10.9. The minimum atomic E-state index is -0.494. The van der Waals surface area contributed by atoms with Gasteiger partial charge in [-0.3, -0.25) is 14.5 Å². The van der Waals surface area contributed by atoms with Gasteiger partial charge in [-0.2, -0.15) is 0 Å². The number of halogens is 1. The first-order chi connectivity index (χ1) is 15.5. The molecule has 1 amide bonds. The van der Waals surface area contributed by atoms with Gasteiger partial charge in [0.1, 0.15) is 12.2 Å². The molecule has 0 saturated carbocycles. The Kier molecular flexibility index (Phi) is 6.74. The third-order valence-electron chi connectivity index (χ3n) is 5.31. The van der Waals surface area contributed by atoms with E-state index in [0.29, 0.717) is 29.6 Å². The van der Waals surface area contributed by atoms with Gasteiger partial charge in [0.15, 0.2) is 5.11 Å². The molecule has 32 heavy (non-hydrogen) atoms. The zero-order valence-electron chi connectivity index (χ0n) is 17.5. The highest BCUT2D eigenvalue weighted by Gasteiger charge is 2.40. The number of anilines is 2. The topological polar surface area (TPSA) is 62.3 Å². The van der Waals surface area contributed by atoms with Crippen LogP contribution in [0, 0.1) is 0 Å². The molecule has 0 radical (unpaired) electrons. The van der Waals surface area contributed by atoms with Crippen LogP contribution < -0.4 is 9.80 Å². The molecule has 7 nitrogen and oxygen atoms in total. The van der Waals surface area contributed by atoms with Crippen LogP contribution in [0.5, 0.6) is 0 Å². The highest BCUT2D eigenvalue weighted by Crippen LogP contribution is 2.30. The molecule has 2 heterocycles. The lowest BCUT2D eigenvalue weighted by molar-refractivity contribution is -0.140. The van der Waals surface area contributed by atoms with E-state index in [1.54, 1.807) is 30.3 Å². The Hall–Kier alpha value is -2.94. The molecule has 0 atom stereocenters. The first kappa shape index (κ1) is 22.3. The molecule has 2 aliphatic heterocycles. The van der Waals surface area contributed by atoms with Gasteiger partial charge in [0, 0.05) is 23.8 Å². The van der Waals surface area contributed by atoms with E-state index < -0.39 is 5.97 Å². The number of nitrogens with zero attached hydrogens (tertiary/aromatic N) is 3. The summed E-state index contributed by atoms with van der Waals surface area (Å²) in [4.78, 5) is 30.5. The number of rotatable bonds is 5. The number of hydrogen-bond acceptors (Lipinski definition) is 6. The van der Waals surface area contributed by atoms with Crippen molar-refractivity contribution in [3.63, 3.8) is 0 Å². The lowest BCUT2D eigenvalue weighted by atomic mass is 10.1. The monoisotopic (exact) mass is 471 g/mol. The van der Waals surface area contributed by atoms with Crippen LogP contribution in [0.25, 0.3) is 6.08 Å². The normalized spacial score (nSPS) is 17.9. The Balaban J connectivity index is 1.65. The van der Waals surface area contributed by atoms with E-state index in [4.69, 9.17) is 33.3 Å². The van der Waals surface area contributed by atoms with Crippen LogP contribution in [-0.2, 0) is 19.1 Å². The van der Waals surface area contributed by atoms with E-state index >= 15 is 0 Å². The zero-order chi connectivity index (χ0) is 22.7. The van der Waals surface area contributed by atoms with E-state index in [2.05, 4.69) is 4.90 Å². The fourth-order valence-electron chi connectivity index (χ4n) is 3.61. The summed E-state index contributed by atoms with van der Waals surface area (Å²) in [6.45, 7) is 2.94. The average Bonchev–Trinajstić information content (AvgIpc) is 3.04. The lowest BCUT2D eigenvalue weighted by Crippen LogP contribution is -2.36. The van der Waals surface area contributed by atoms with E-state index in [9.17, 15) is 9.59 Å². The number of amides is 1. The van der Waals surface area contributed by atoms with Gasteiger partial charge in [0.05, 0.1) is 26.0 Å². The van der Waals surface area contributed by atoms with Gasteiger partial charge in [0.25, 0.3) is 5.91 Å². The number of methoxy groups -OCH3 is 1. The van der Waals surface area contributed by atoms with E-state index in [1.165, 1.54) is 16.9 Å². The minimum absolute atomic E-state index is 0.164. The first-order valence-electron chi connectivity index (χ1n) is 10.1. The third-order valence-corrected chi connectivity index (χ3v) is 5.96. The van der Waals surface area contributed by atoms with Crippen LogP contribution in [-0.4, -0.2) is 61.8 Å². The van der Waals surface area contributed by atoms with Crippen LogP contribution in [0.1, 0.15) is 5.56 Å². The van der Waals surface area contributed by atoms with Crippen molar-refractivity contribution in [1.82, 2.24) is 4.90 Å². The van der Waals surface area contributed by atoms with Crippen LogP contribution >= 0.6 is 23.8 Å². The molecule has 0 bridgehead atoms. The van der Waals surface area contributed by atoms with E-state index in [1.807, 2.05) is 24.3 Å². The maximum Gasteiger partial charge on any atom is 0.325 e. The molecule has 0 unspecified atom stereocenters. The van der Waals surface area contributed by atoms with Gasteiger partial charge < -0.3 is 19.3 Å². The highest BCUT2D eigenvalue weighted by atomic mass is 35.5. The number of carbonyl (C=O) groups is 2. The van der Waals surface area contributed by atoms with Crippen molar-refractivity contribution in [2.75, 3.05) is 49.8 Å². The number of hydrogen-bond donors (Lipinski definition) is 0. The second kappa shape index (κ2) is 9.68. The van der Waals surface area contributed by atoms with Crippen LogP contribution in [0.4, 0.5) is 11.4 Å². The van der Waals surface area contributed by atoms with Gasteiger partial charge in [-0.25, -0.2) is 0 Å². The Labute approximate surface area is 196 Å². The summed E-state index contributed by atoms with van der Waals surface area (Å²) in [6, 6.07) is 14.7. The number of esters is 1. The van der Waals surface area contributed by atoms with Crippen molar-refractivity contribution >= 4 is 58.3 Å². The summed E-state index contributed by atoms with van der Waals surface area (Å²) in [5.74, 6) is -0.815. The summed E-state index contributed by atoms with van der Waals surface area (Å²) in [7, 11) is 1.30. The van der Waals surface area contributed by atoms with Gasteiger partial charge in [-0.05, 0) is 60.3 Å². The van der Waals surface area contributed by atoms with Crippen molar-refractivity contribution in [1.29, 1.82) is 0 Å². The molecule has 2 aliphatic rings. The maximum atomic E-state index is 13.3. The molecule has 0 spiro atoms. The fraction of sp³-hybridized carbons (Fsp3) is 0.261. The number of thiocarbonyl (C=S) groups is 1. The quantitative estimate of drug-likeness (QED) is 0.376. The SMILES string of the molecule is COC(=O)CN1C(=S)N(c2ccc(Cl)cc2)C(=O)/C1=C\c1ccc(N2CCOCC2)cc1. The zero-order valence-corrected chi connectivity index (χ0v) is 19.1. The lowest BCUT2D eigenvalue weighted by Gasteiger charge is -2.28. The molecule has 4 rings (SSSR count). The molecule has 9 heteroatoms. The van der Waals surface area contributed by atoms with E-state index in [-0.39, 0.29) is 17.6 Å². The molecular formula is C23H22ClN3O4S. The molecule has 2 fully saturated rings. The Morgan fingerprint density at radius 2 is 1.72 bits per heavy atom. The molecule has 0 aliphatic carbocycles. The van der Waals surface area contributed by atoms with Crippen LogP contribution in [0.2, 0.25) is 5.02 Å². The number of benzene rings is 2. The minimum Gasteiger partial charge on any atom is -0.468 e. The summed E-state index contributed by atoms with van der Waals surface area (Å²) in [5.41, 5.74) is 2.79. The molecule has 2 aromatic rings.